The van der Waals surface area contributed by atoms with Gasteiger partial charge in [-0.05, 0) is 61.8 Å². The van der Waals surface area contributed by atoms with E-state index in [0.717, 1.165) is 38.5 Å². The highest BCUT2D eigenvalue weighted by atomic mass is 32.2. The second-order valence-corrected chi connectivity index (χ2v) is 15.6. The predicted octanol–water partition coefficient (Wildman–Crippen LogP) is 6.70. The van der Waals surface area contributed by atoms with Crippen LogP contribution in [0.3, 0.4) is 0 Å². The summed E-state index contributed by atoms with van der Waals surface area (Å²) in [5.74, 6) is 0.569. The average molecular weight is 614 g/mol. The maximum atomic E-state index is 14.7. The zero-order chi connectivity index (χ0) is 29.6. The van der Waals surface area contributed by atoms with Crippen molar-refractivity contribution in [1.82, 2.24) is 4.98 Å². The van der Waals surface area contributed by atoms with E-state index in [1.807, 2.05) is 54.6 Å². The number of ketones is 2. The Balaban J connectivity index is 1.15. The van der Waals surface area contributed by atoms with Gasteiger partial charge in [0, 0.05) is 22.3 Å². The lowest BCUT2D eigenvalue weighted by atomic mass is 9.46. The quantitative estimate of drug-likeness (QED) is 0.321. The summed E-state index contributed by atoms with van der Waals surface area (Å²) in [4.78, 5) is 31.7. The molecule has 1 aliphatic heterocycles. The number of ether oxygens (including phenoxy) is 2. The molecular weight excluding hydrogens is 579 g/mol. The number of carbonyl (C=O) groups excluding carboxylic acids is 2. The van der Waals surface area contributed by atoms with Crippen LogP contribution in [0.2, 0.25) is 0 Å². The maximum Gasteiger partial charge on any atom is 0.185 e. The van der Waals surface area contributed by atoms with Crippen LogP contribution in [0.15, 0.2) is 82.7 Å². The molecule has 0 spiro atoms. The number of hydrogen-bond donors (Lipinski definition) is 1. The number of Topliss-reactive ketones (excluding diaryl/α,β-unsaturated/α-hetero) is 1. The number of para-hydroxylation sites is 1. The van der Waals surface area contributed by atoms with Crippen molar-refractivity contribution < 1.29 is 24.2 Å². The Morgan fingerprint density at radius 1 is 1.14 bits per heavy atom. The normalized spacial score (nSPS) is 39.6. The molecule has 3 saturated carbocycles. The van der Waals surface area contributed by atoms with Crippen molar-refractivity contribution in [3.63, 3.8) is 0 Å². The number of thioether (sulfide) groups is 1. The molecule has 2 heterocycles. The number of rotatable bonds is 5. The van der Waals surface area contributed by atoms with Crippen molar-refractivity contribution in [2.45, 2.75) is 68.0 Å². The highest BCUT2D eigenvalue weighted by Gasteiger charge is 2.75. The molecule has 8 heteroatoms. The van der Waals surface area contributed by atoms with Gasteiger partial charge in [-0.1, -0.05) is 79.7 Å². The monoisotopic (exact) mass is 613 g/mol. The second-order valence-electron chi connectivity index (χ2n) is 13.3. The second kappa shape index (κ2) is 9.94. The molecule has 9 atom stereocenters. The van der Waals surface area contributed by atoms with Crippen LogP contribution in [0.1, 0.15) is 51.4 Å². The molecule has 3 aromatic rings. The SMILES string of the molecule is CC12C=CC(=O)C=C1CCC1C2C(O)CC2(C)C1C[C@H]1OC(c3ccccc3)O[C@]12C(=O)CSc1nc2ccccc2s1. The molecule has 0 radical (unpaired) electrons. The Kier molecular flexibility index (Phi) is 6.45. The number of nitrogens with zero attached hydrogens (tertiary/aromatic N) is 1. The van der Waals surface area contributed by atoms with Crippen LogP contribution in [0.5, 0.6) is 0 Å². The van der Waals surface area contributed by atoms with E-state index in [1.54, 1.807) is 23.5 Å². The summed E-state index contributed by atoms with van der Waals surface area (Å²) in [7, 11) is 0. The lowest BCUT2D eigenvalue weighted by Gasteiger charge is -2.59. The first-order chi connectivity index (χ1) is 20.7. The van der Waals surface area contributed by atoms with Crippen molar-refractivity contribution in [2.75, 3.05) is 5.75 Å². The molecule has 6 nitrogen and oxygen atoms in total. The number of carbonyl (C=O) groups is 2. The van der Waals surface area contributed by atoms with E-state index in [9.17, 15) is 14.7 Å². The van der Waals surface area contributed by atoms with Crippen molar-refractivity contribution in [3.05, 3.63) is 84.0 Å². The van der Waals surface area contributed by atoms with Crippen LogP contribution in [-0.2, 0) is 19.1 Å². The summed E-state index contributed by atoms with van der Waals surface area (Å²) in [5.41, 5.74) is 0.798. The fraction of sp³-hybridized carbons (Fsp3) is 0.457. The van der Waals surface area contributed by atoms with E-state index in [4.69, 9.17) is 14.5 Å². The Labute approximate surface area is 259 Å². The Bertz CT molecular complexity index is 1650. The molecule has 1 saturated heterocycles. The van der Waals surface area contributed by atoms with Crippen molar-refractivity contribution in [1.29, 1.82) is 0 Å². The molecule has 4 aliphatic carbocycles. The third kappa shape index (κ3) is 3.99. The summed E-state index contributed by atoms with van der Waals surface area (Å²) in [6.45, 7) is 4.34. The van der Waals surface area contributed by atoms with Crippen LogP contribution in [0.4, 0.5) is 0 Å². The predicted molar refractivity (Wildman–Crippen MR) is 167 cm³/mol. The first-order valence-corrected chi connectivity index (χ1v) is 17.1. The van der Waals surface area contributed by atoms with E-state index in [1.165, 1.54) is 11.8 Å². The van der Waals surface area contributed by atoms with Gasteiger partial charge < -0.3 is 14.6 Å². The number of thiazole rings is 1. The van der Waals surface area contributed by atoms with Crippen LogP contribution >= 0.6 is 23.1 Å². The summed E-state index contributed by atoms with van der Waals surface area (Å²) in [6, 6.07) is 17.9. The zero-order valence-corrected chi connectivity index (χ0v) is 25.9. The average Bonchev–Trinajstić information content (AvgIpc) is 3.66. The van der Waals surface area contributed by atoms with Gasteiger partial charge in [-0.3, -0.25) is 9.59 Å². The van der Waals surface area contributed by atoms with Crippen LogP contribution in [0, 0.1) is 28.6 Å². The molecule has 43 heavy (non-hydrogen) atoms. The third-order valence-corrected chi connectivity index (χ3v) is 13.5. The van der Waals surface area contributed by atoms with Gasteiger partial charge in [0.2, 0.25) is 0 Å². The molecule has 1 N–H and O–H groups in total. The topological polar surface area (TPSA) is 85.7 Å². The Morgan fingerprint density at radius 3 is 2.74 bits per heavy atom. The van der Waals surface area contributed by atoms with Gasteiger partial charge in [-0.15, -0.1) is 11.3 Å². The van der Waals surface area contributed by atoms with Gasteiger partial charge in [-0.25, -0.2) is 4.98 Å². The van der Waals surface area contributed by atoms with Crippen LogP contribution in [0.25, 0.3) is 10.2 Å². The van der Waals surface area contributed by atoms with Crippen LogP contribution < -0.4 is 0 Å². The number of aliphatic hydroxyl groups is 1. The highest BCUT2D eigenvalue weighted by Crippen LogP contribution is 2.70. The van der Waals surface area contributed by atoms with E-state index >= 15 is 0 Å². The standard InChI is InChI=1S/C35H35NO5S2/c1-33-15-14-22(37)16-21(33)12-13-23-24-17-29-35(34(24,2)18-26(38)30(23)33,41-31(40-29)20-8-4-3-5-9-20)28(39)19-42-32-36-25-10-6-7-11-27(25)43-32/h3-11,14-16,23-24,26,29-31,38H,12-13,17-19H2,1-2H3/t23?,24?,26?,29-,30?,31?,33?,34?,35-/m1/s1. The molecule has 5 aliphatic rings. The van der Waals surface area contributed by atoms with Gasteiger partial charge in [-0.2, -0.15) is 0 Å². The fourth-order valence-electron chi connectivity index (χ4n) is 9.47. The number of aromatic nitrogens is 1. The van der Waals surface area contributed by atoms with Crippen LogP contribution in [-0.4, -0.2) is 45.2 Å². The van der Waals surface area contributed by atoms with E-state index in [-0.39, 0.29) is 40.5 Å². The zero-order valence-electron chi connectivity index (χ0n) is 24.3. The minimum Gasteiger partial charge on any atom is -0.393 e. The fourth-order valence-corrected chi connectivity index (χ4v) is 11.5. The first-order valence-electron chi connectivity index (χ1n) is 15.3. The van der Waals surface area contributed by atoms with Gasteiger partial charge in [0.05, 0.1) is 28.2 Å². The highest BCUT2D eigenvalue weighted by molar-refractivity contribution is 8.01. The molecule has 0 amide bonds. The van der Waals surface area contributed by atoms with E-state index in [2.05, 4.69) is 19.9 Å². The van der Waals surface area contributed by atoms with Crippen molar-refractivity contribution in [3.8, 4) is 0 Å². The molecule has 222 valence electrons. The van der Waals surface area contributed by atoms with Gasteiger partial charge in [0.15, 0.2) is 27.8 Å². The lowest BCUT2D eigenvalue weighted by molar-refractivity contribution is -0.198. The van der Waals surface area contributed by atoms with Crippen molar-refractivity contribution >= 4 is 44.9 Å². The number of aliphatic hydroxyl groups excluding tert-OH is 1. The number of hydrogen-bond acceptors (Lipinski definition) is 8. The summed E-state index contributed by atoms with van der Waals surface area (Å²) >= 11 is 3.07. The Hall–Kier alpha value is -2.62. The third-order valence-electron chi connectivity index (χ3n) is 11.3. The van der Waals surface area contributed by atoms with Gasteiger partial charge >= 0.3 is 0 Å². The molecular formula is C35H35NO5S2. The number of allylic oxidation sites excluding steroid dienone is 4. The lowest BCUT2D eigenvalue weighted by Crippen LogP contribution is -2.63. The number of fused-ring (bicyclic) bond motifs is 8. The summed E-state index contributed by atoms with van der Waals surface area (Å²) in [6.07, 6.45) is 6.64. The molecule has 8 rings (SSSR count). The molecule has 0 bridgehead atoms. The van der Waals surface area contributed by atoms with E-state index < -0.39 is 29.5 Å². The largest absolute Gasteiger partial charge is 0.393 e. The minimum atomic E-state index is -1.18. The molecule has 4 fully saturated rings. The first kappa shape index (κ1) is 27.9. The summed E-state index contributed by atoms with van der Waals surface area (Å²) < 4.78 is 15.6. The van der Waals surface area contributed by atoms with Gasteiger partial charge in [0.25, 0.3) is 0 Å². The van der Waals surface area contributed by atoms with E-state index in [0.29, 0.717) is 12.8 Å². The molecule has 2 aromatic carbocycles. The van der Waals surface area contributed by atoms with Gasteiger partial charge in [0.1, 0.15) is 0 Å². The maximum absolute atomic E-state index is 14.7. The Morgan fingerprint density at radius 2 is 1.93 bits per heavy atom. The summed E-state index contributed by atoms with van der Waals surface area (Å²) in [5, 5.41) is 12.0. The minimum absolute atomic E-state index is 0.0154. The smallest absolute Gasteiger partial charge is 0.185 e. The molecule has 7 unspecified atom stereocenters. The molecule has 1 aromatic heterocycles. The number of benzene rings is 2. The van der Waals surface area contributed by atoms with Crippen molar-refractivity contribution in [2.24, 2.45) is 28.6 Å².